The summed E-state index contributed by atoms with van der Waals surface area (Å²) in [6, 6.07) is 32.2. The lowest BCUT2D eigenvalue weighted by Crippen LogP contribution is -1.89. The van der Waals surface area contributed by atoms with Crippen LogP contribution >= 0.6 is 45.9 Å². The van der Waals surface area contributed by atoms with Crippen LogP contribution in [0.25, 0.3) is 33.6 Å². The zero-order valence-corrected chi connectivity index (χ0v) is 23.0. The Morgan fingerprint density at radius 3 is 1.29 bits per heavy atom. The van der Waals surface area contributed by atoms with E-state index in [1.807, 2.05) is 48.5 Å². The number of benzene rings is 4. The van der Waals surface area contributed by atoms with E-state index in [1.54, 1.807) is 22.7 Å². The van der Waals surface area contributed by atoms with Crippen molar-refractivity contribution in [2.24, 2.45) is 0 Å². The van der Waals surface area contributed by atoms with E-state index in [4.69, 9.17) is 33.2 Å². The molecular weight excluding hydrogens is 551 g/mol. The lowest BCUT2D eigenvalue weighted by atomic mass is 10.0. The van der Waals surface area contributed by atoms with E-state index in [2.05, 4.69) is 69.9 Å². The standard InChI is InChI=1S/C30H20Cl2N4S2/c31-23-3-1-5-25(15-23)33-29-35-27(17-37-29)21-11-7-19(8-12-21)20-9-13-22(14-10-20)28-18-38-30(36-28)34-26-6-2-4-24(32)16-26/h1-18H,(H,33,35)(H,34,36). The molecule has 4 aromatic carbocycles. The van der Waals surface area contributed by atoms with Gasteiger partial charge in [0.2, 0.25) is 0 Å². The van der Waals surface area contributed by atoms with Gasteiger partial charge in [-0.3, -0.25) is 0 Å². The highest BCUT2D eigenvalue weighted by Gasteiger charge is 2.08. The van der Waals surface area contributed by atoms with E-state index < -0.39 is 0 Å². The molecule has 4 nitrogen and oxygen atoms in total. The van der Waals surface area contributed by atoms with Crippen LogP contribution in [0, 0.1) is 0 Å². The third-order valence-electron chi connectivity index (χ3n) is 5.85. The van der Waals surface area contributed by atoms with Crippen molar-refractivity contribution in [2.75, 3.05) is 10.6 Å². The van der Waals surface area contributed by atoms with Gasteiger partial charge in [-0.25, -0.2) is 9.97 Å². The molecular formula is C30H20Cl2N4S2. The van der Waals surface area contributed by atoms with Gasteiger partial charge in [0.1, 0.15) is 0 Å². The van der Waals surface area contributed by atoms with Gasteiger partial charge in [-0.05, 0) is 47.5 Å². The van der Waals surface area contributed by atoms with Gasteiger partial charge in [-0.1, -0.05) is 83.9 Å². The topological polar surface area (TPSA) is 49.8 Å². The summed E-state index contributed by atoms with van der Waals surface area (Å²) < 4.78 is 0. The summed E-state index contributed by atoms with van der Waals surface area (Å²) in [6.07, 6.45) is 0. The van der Waals surface area contributed by atoms with Crippen molar-refractivity contribution in [2.45, 2.75) is 0 Å². The van der Waals surface area contributed by atoms with Crippen LogP contribution < -0.4 is 10.6 Å². The molecule has 0 atom stereocenters. The maximum atomic E-state index is 6.08. The van der Waals surface area contributed by atoms with Crippen LogP contribution in [-0.2, 0) is 0 Å². The number of nitrogens with one attached hydrogen (secondary N) is 2. The number of hydrogen-bond acceptors (Lipinski definition) is 6. The molecule has 38 heavy (non-hydrogen) atoms. The van der Waals surface area contributed by atoms with Crippen LogP contribution in [0.3, 0.4) is 0 Å². The molecule has 0 aliphatic rings. The number of anilines is 4. The SMILES string of the molecule is Clc1cccc(Nc2nc(-c3ccc(-c4ccc(-c5csc(Nc6cccc(Cl)c6)n5)cc4)cc3)cs2)c1. The van der Waals surface area contributed by atoms with Gasteiger partial charge in [0.25, 0.3) is 0 Å². The average molecular weight is 572 g/mol. The molecule has 6 aromatic rings. The van der Waals surface area contributed by atoms with Gasteiger partial charge in [0.15, 0.2) is 10.3 Å². The maximum Gasteiger partial charge on any atom is 0.187 e. The Morgan fingerprint density at radius 1 is 0.500 bits per heavy atom. The van der Waals surface area contributed by atoms with Crippen molar-refractivity contribution in [3.8, 4) is 33.6 Å². The quantitative estimate of drug-likeness (QED) is 0.200. The van der Waals surface area contributed by atoms with Crippen molar-refractivity contribution < 1.29 is 0 Å². The van der Waals surface area contributed by atoms with Crippen molar-refractivity contribution in [1.82, 2.24) is 9.97 Å². The van der Waals surface area contributed by atoms with Crippen molar-refractivity contribution in [3.05, 3.63) is 118 Å². The third kappa shape index (κ3) is 5.74. The van der Waals surface area contributed by atoms with Crippen LogP contribution in [0.1, 0.15) is 0 Å². The molecule has 2 N–H and O–H groups in total. The molecule has 0 aliphatic heterocycles. The summed E-state index contributed by atoms with van der Waals surface area (Å²) in [4.78, 5) is 9.46. The smallest absolute Gasteiger partial charge is 0.187 e. The van der Waals surface area contributed by atoms with Crippen molar-refractivity contribution >= 4 is 67.5 Å². The Morgan fingerprint density at radius 2 is 0.895 bits per heavy atom. The highest BCUT2D eigenvalue weighted by molar-refractivity contribution is 7.14. The molecule has 0 amide bonds. The molecule has 0 saturated heterocycles. The lowest BCUT2D eigenvalue weighted by molar-refractivity contribution is 1.38. The first-order valence-corrected chi connectivity index (χ1v) is 14.3. The first-order chi connectivity index (χ1) is 18.6. The fourth-order valence-corrected chi connectivity index (χ4v) is 5.83. The second-order valence-corrected chi connectivity index (χ2v) is 11.1. The minimum Gasteiger partial charge on any atom is -0.331 e. The zero-order valence-electron chi connectivity index (χ0n) is 19.9. The molecule has 2 aromatic heterocycles. The first kappa shape index (κ1) is 24.6. The summed E-state index contributed by atoms with van der Waals surface area (Å²) in [7, 11) is 0. The second kappa shape index (κ2) is 11.0. The van der Waals surface area contributed by atoms with E-state index in [9.17, 15) is 0 Å². The van der Waals surface area contributed by atoms with Crippen LogP contribution in [0.2, 0.25) is 10.0 Å². The molecule has 2 heterocycles. The van der Waals surface area contributed by atoms with Gasteiger partial charge in [-0.15, -0.1) is 22.7 Å². The first-order valence-electron chi connectivity index (χ1n) is 11.8. The molecule has 0 bridgehead atoms. The van der Waals surface area contributed by atoms with E-state index >= 15 is 0 Å². The van der Waals surface area contributed by atoms with Crippen LogP contribution in [0.5, 0.6) is 0 Å². The largest absolute Gasteiger partial charge is 0.331 e. The van der Waals surface area contributed by atoms with Crippen LogP contribution in [0.4, 0.5) is 21.6 Å². The second-order valence-electron chi connectivity index (χ2n) is 8.50. The molecule has 0 radical (unpaired) electrons. The highest BCUT2D eigenvalue weighted by Crippen LogP contribution is 2.32. The Labute approximate surface area is 238 Å². The van der Waals surface area contributed by atoms with Crippen LogP contribution in [-0.4, -0.2) is 9.97 Å². The van der Waals surface area contributed by atoms with Gasteiger partial charge >= 0.3 is 0 Å². The maximum absolute atomic E-state index is 6.08. The minimum atomic E-state index is 0.692. The van der Waals surface area contributed by atoms with Gasteiger partial charge in [0, 0.05) is 43.3 Å². The monoisotopic (exact) mass is 570 g/mol. The van der Waals surface area contributed by atoms with Crippen molar-refractivity contribution in [1.29, 1.82) is 0 Å². The highest BCUT2D eigenvalue weighted by atomic mass is 35.5. The summed E-state index contributed by atoms with van der Waals surface area (Å²) >= 11 is 15.3. The molecule has 0 saturated carbocycles. The summed E-state index contributed by atoms with van der Waals surface area (Å²) in [5.74, 6) is 0. The summed E-state index contributed by atoms with van der Waals surface area (Å²) in [5.41, 5.74) is 8.15. The number of hydrogen-bond donors (Lipinski definition) is 2. The predicted octanol–water partition coefficient (Wildman–Crippen LogP) is 10.4. The normalized spacial score (nSPS) is 10.9. The molecule has 0 unspecified atom stereocenters. The number of rotatable bonds is 7. The third-order valence-corrected chi connectivity index (χ3v) is 7.84. The lowest BCUT2D eigenvalue weighted by Gasteiger charge is -2.05. The Balaban J connectivity index is 1.13. The molecule has 0 aliphatic carbocycles. The van der Waals surface area contributed by atoms with Gasteiger partial charge in [0.05, 0.1) is 11.4 Å². The van der Waals surface area contributed by atoms with E-state index in [1.165, 1.54) is 0 Å². The Hall–Kier alpha value is -3.68. The molecule has 6 rings (SSSR count). The molecule has 0 fully saturated rings. The Bertz CT molecular complexity index is 1570. The Kier molecular flexibility index (Phi) is 7.12. The molecule has 186 valence electrons. The van der Waals surface area contributed by atoms with Gasteiger partial charge in [-0.2, -0.15) is 0 Å². The number of halogens is 2. The van der Waals surface area contributed by atoms with E-state index in [0.29, 0.717) is 10.0 Å². The number of thiazole rings is 2. The zero-order chi connectivity index (χ0) is 25.9. The average Bonchev–Trinajstić information content (AvgIpc) is 3.59. The minimum absolute atomic E-state index is 0.692. The molecule has 8 heteroatoms. The van der Waals surface area contributed by atoms with Crippen LogP contribution in [0.15, 0.2) is 108 Å². The predicted molar refractivity (Wildman–Crippen MR) is 164 cm³/mol. The summed E-state index contributed by atoms with van der Waals surface area (Å²) in [6.45, 7) is 0. The van der Waals surface area contributed by atoms with Crippen molar-refractivity contribution in [3.63, 3.8) is 0 Å². The number of nitrogens with zero attached hydrogens (tertiary/aromatic N) is 2. The fraction of sp³-hybridized carbons (Fsp3) is 0. The van der Waals surface area contributed by atoms with Gasteiger partial charge < -0.3 is 10.6 Å². The van der Waals surface area contributed by atoms with E-state index in [-0.39, 0.29) is 0 Å². The van der Waals surface area contributed by atoms with E-state index in [0.717, 1.165) is 55.3 Å². The summed E-state index contributed by atoms with van der Waals surface area (Å²) in [5, 5.41) is 13.8. The number of aromatic nitrogens is 2. The molecule has 0 spiro atoms. The fourth-order valence-electron chi connectivity index (χ4n) is 3.97.